The molecule has 0 saturated heterocycles. The summed E-state index contributed by atoms with van der Waals surface area (Å²) in [4.78, 5) is 13.4. The molecule has 0 bridgehead atoms. The van der Waals surface area contributed by atoms with Crippen molar-refractivity contribution in [1.29, 1.82) is 0 Å². The van der Waals surface area contributed by atoms with Crippen molar-refractivity contribution in [3.63, 3.8) is 0 Å². The molecule has 5 nitrogen and oxygen atoms in total. The summed E-state index contributed by atoms with van der Waals surface area (Å²) in [6, 6.07) is 8.83. The van der Waals surface area contributed by atoms with Gasteiger partial charge in [0.1, 0.15) is 5.82 Å². The number of carbonyl (C=O) groups excluding carboxylic acids is 1. The first-order chi connectivity index (χ1) is 10.3. The van der Waals surface area contributed by atoms with Crippen LogP contribution in [0.25, 0.3) is 0 Å². The summed E-state index contributed by atoms with van der Waals surface area (Å²) < 4.78 is 37.5. The van der Waals surface area contributed by atoms with E-state index in [4.69, 9.17) is 23.2 Å². The van der Waals surface area contributed by atoms with Crippen LogP contribution in [-0.2, 0) is 10.0 Å². The number of benzene rings is 2. The van der Waals surface area contributed by atoms with Crippen molar-refractivity contribution in [2.45, 2.75) is 4.90 Å². The van der Waals surface area contributed by atoms with Crippen LogP contribution in [0.5, 0.6) is 0 Å². The number of hydrogen-bond donors (Lipinski definition) is 2. The van der Waals surface area contributed by atoms with Crippen molar-refractivity contribution in [2.24, 2.45) is 0 Å². The molecule has 0 spiro atoms. The Morgan fingerprint density at radius 2 is 1.64 bits per heavy atom. The maximum absolute atomic E-state index is 13.4. The maximum Gasteiger partial charge on any atom is 0.269 e. The van der Waals surface area contributed by atoms with Crippen LogP contribution in [0.1, 0.15) is 10.4 Å². The predicted octanol–water partition coefficient (Wildman–Crippen LogP) is 2.76. The molecule has 2 N–H and O–H groups in total. The molecule has 2 aromatic carbocycles. The summed E-state index contributed by atoms with van der Waals surface area (Å²) in [6.07, 6.45) is 0. The van der Waals surface area contributed by atoms with Gasteiger partial charge in [0.05, 0.1) is 10.5 Å². The Hall–Kier alpha value is -1.67. The van der Waals surface area contributed by atoms with Crippen LogP contribution >= 0.6 is 23.2 Å². The minimum absolute atomic E-state index is 0.119. The second kappa shape index (κ2) is 6.62. The largest absolute Gasteiger partial charge is 0.273 e. The normalized spacial score (nSPS) is 11.2. The van der Waals surface area contributed by atoms with Gasteiger partial charge in [-0.15, -0.1) is 4.83 Å². The summed E-state index contributed by atoms with van der Waals surface area (Å²) in [7, 11) is -4.09. The number of sulfonamides is 1. The topological polar surface area (TPSA) is 75.3 Å². The highest BCUT2D eigenvalue weighted by molar-refractivity contribution is 7.89. The average molecular weight is 363 g/mol. The molecular formula is C13H9Cl2FN2O3S. The van der Waals surface area contributed by atoms with Crippen molar-refractivity contribution in [1.82, 2.24) is 10.3 Å². The van der Waals surface area contributed by atoms with Crippen molar-refractivity contribution in [3.05, 3.63) is 63.9 Å². The van der Waals surface area contributed by atoms with Crippen LogP contribution in [0.4, 0.5) is 4.39 Å². The first-order valence-corrected chi connectivity index (χ1v) is 8.06. The second-order valence-corrected chi connectivity index (χ2v) is 6.70. The summed E-state index contributed by atoms with van der Waals surface area (Å²) in [5.74, 6) is -1.71. The van der Waals surface area contributed by atoms with Crippen molar-refractivity contribution in [3.8, 4) is 0 Å². The fraction of sp³-hybridized carbons (Fsp3) is 0. The molecule has 116 valence electrons. The zero-order valence-corrected chi connectivity index (χ0v) is 13.1. The molecule has 0 radical (unpaired) electrons. The summed E-state index contributed by atoms with van der Waals surface area (Å²) >= 11 is 11.4. The Labute approximate surface area is 136 Å². The van der Waals surface area contributed by atoms with Crippen LogP contribution < -0.4 is 10.3 Å². The Kier molecular flexibility index (Phi) is 5.02. The third kappa shape index (κ3) is 3.95. The minimum atomic E-state index is -4.09. The standard InChI is InChI=1S/C13H9Cl2FN2O3S/c14-8-5-9(15)7-10(6-8)22(20,21)18-17-13(19)11-3-1-2-4-12(11)16/h1-7,18H,(H,17,19). The molecule has 0 unspecified atom stereocenters. The highest BCUT2D eigenvalue weighted by Gasteiger charge is 2.18. The van der Waals surface area contributed by atoms with Gasteiger partial charge >= 0.3 is 0 Å². The number of nitrogens with one attached hydrogen (secondary N) is 2. The van der Waals surface area contributed by atoms with Gasteiger partial charge in [-0.25, -0.2) is 12.8 Å². The van der Waals surface area contributed by atoms with Gasteiger partial charge in [0, 0.05) is 10.0 Å². The summed E-state index contributed by atoms with van der Waals surface area (Å²) in [5, 5.41) is 0.238. The quantitative estimate of drug-likeness (QED) is 0.821. The smallest absolute Gasteiger partial charge is 0.269 e. The third-order valence-electron chi connectivity index (χ3n) is 2.56. The van der Waals surface area contributed by atoms with Crippen molar-refractivity contribution < 1.29 is 17.6 Å². The van der Waals surface area contributed by atoms with E-state index in [-0.39, 0.29) is 20.5 Å². The molecule has 0 aliphatic heterocycles. The van der Waals surface area contributed by atoms with E-state index in [1.165, 1.54) is 24.3 Å². The molecule has 0 saturated carbocycles. The zero-order valence-electron chi connectivity index (χ0n) is 10.8. The molecule has 0 atom stereocenters. The Morgan fingerprint density at radius 1 is 1.05 bits per heavy atom. The van der Waals surface area contributed by atoms with Gasteiger partial charge in [-0.3, -0.25) is 10.2 Å². The predicted molar refractivity (Wildman–Crippen MR) is 80.6 cm³/mol. The van der Waals surface area contributed by atoms with Gasteiger partial charge in [-0.05, 0) is 30.3 Å². The third-order valence-corrected chi connectivity index (χ3v) is 4.23. The number of hydrogen-bond acceptors (Lipinski definition) is 3. The monoisotopic (exact) mass is 362 g/mol. The van der Waals surface area contributed by atoms with E-state index in [9.17, 15) is 17.6 Å². The molecule has 1 amide bonds. The van der Waals surface area contributed by atoms with Gasteiger partial charge in [0.15, 0.2) is 0 Å². The lowest BCUT2D eigenvalue weighted by molar-refractivity contribution is 0.0941. The van der Waals surface area contributed by atoms with Crippen LogP contribution in [0.2, 0.25) is 10.0 Å². The molecule has 2 rings (SSSR count). The van der Waals surface area contributed by atoms with Gasteiger partial charge in [0.2, 0.25) is 0 Å². The van der Waals surface area contributed by atoms with Gasteiger partial charge in [-0.1, -0.05) is 35.3 Å². The molecule has 2 aromatic rings. The lowest BCUT2D eigenvalue weighted by Gasteiger charge is -2.09. The van der Waals surface area contributed by atoms with Crippen LogP contribution in [0.3, 0.4) is 0 Å². The van der Waals surface area contributed by atoms with Gasteiger partial charge in [-0.2, -0.15) is 0 Å². The number of hydrazine groups is 1. The van der Waals surface area contributed by atoms with Crippen LogP contribution in [-0.4, -0.2) is 14.3 Å². The van der Waals surface area contributed by atoms with Crippen LogP contribution in [0, 0.1) is 5.82 Å². The first kappa shape index (κ1) is 16.7. The molecule has 9 heteroatoms. The SMILES string of the molecule is O=C(NNS(=O)(=O)c1cc(Cl)cc(Cl)c1)c1ccccc1F. The zero-order chi connectivity index (χ0) is 16.3. The van der Waals surface area contributed by atoms with E-state index in [1.807, 2.05) is 10.3 Å². The van der Waals surface area contributed by atoms with Crippen molar-refractivity contribution in [2.75, 3.05) is 0 Å². The van der Waals surface area contributed by atoms with Gasteiger partial charge < -0.3 is 0 Å². The minimum Gasteiger partial charge on any atom is -0.273 e. The first-order valence-electron chi connectivity index (χ1n) is 5.82. The number of halogens is 3. The molecule has 0 aliphatic carbocycles. The van der Waals surface area contributed by atoms with E-state index in [1.54, 1.807) is 0 Å². The fourth-order valence-corrected chi connectivity index (χ4v) is 3.13. The second-order valence-electron chi connectivity index (χ2n) is 4.14. The fourth-order valence-electron chi connectivity index (χ4n) is 1.57. The lowest BCUT2D eigenvalue weighted by Crippen LogP contribution is -2.41. The molecule has 0 fully saturated rings. The highest BCUT2D eigenvalue weighted by atomic mass is 35.5. The van der Waals surface area contributed by atoms with E-state index >= 15 is 0 Å². The molecular weight excluding hydrogens is 354 g/mol. The van der Waals surface area contributed by atoms with E-state index in [0.717, 1.165) is 18.2 Å². The summed E-state index contributed by atoms with van der Waals surface area (Å²) in [6.45, 7) is 0. The highest BCUT2D eigenvalue weighted by Crippen LogP contribution is 2.21. The Balaban J connectivity index is 2.16. The lowest BCUT2D eigenvalue weighted by atomic mass is 10.2. The number of amides is 1. The number of rotatable bonds is 4. The molecule has 0 aliphatic rings. The number of carbonyl (C=O) groups is 1. The van der Waals surface area contributed by atoms with E-state index in [2.05, 4.69) is 0 Å². The molecule has 22 heavy (non-hydrogen) atoms. The Morgan fingerprint density at radius 3 is 2.23 bits per heavy atom. The molecule has 0 aromatic heterocycles. The van der Waals surface area contributed by atoms with E-state index in [0.29, 0.717) is 0 Å². The molecule has 0 heterocycles. The average Bonchev–Trinajstić information content (AvgIpc) is 2.44. The van der Waals surface area contributed by atoms with Gasteiger partial charge in [0.25, 0.3) is 15.9 Å². The Bertz CT molecular complexity index is 808. The summed E-state index contributed by atoms with van der Waals surface area (Å²) in [5.41, 5.74) is 1.62. The van der Waals surface area contributed by atoms with Crippen molar-refractivity contribution >= 4 is 39.1 Å². The van der Waals surface area contributed by atoms with E-state index < -0.39 is 21.7 Å². The van der Waals surface area contributed by atoms with Crippen LogP contribution in [0.15, 0.2) is 47.4 Å². The maximum atomic E-state index is 13.4.